The maximum absolute atomic E-state index is 12.4. The molecule has 1 aliphatic heterocycles. The van der Waals surface area contributed by atoms with Gasteiger partial charge in [0.15, 0.2) is 0 Å². The fourth-order valence-corrected chi connectivity index (χ4v) is 6.27. The molecule has 6 rings (SSSR count). The maximum Gasteiger partial charge on any atom is 0.261 e. The van der Waals surface area contributed by atoms with Crippen LogP contribution in [0.2, 0.25) is 5.02 Å². The Morgan fingerprint density at radius 3 is 2.55 bits per heavy atom. The zero-order valence-corrected chi connectivity index (χ0v) is 28.1. The number of ether oxygens (including phenoxy) is 4. The molecule has 14 nitrogen and oxygen atoms in total. The van der Waals surface area contributed by atoms with Gasteiger partial charge in [-0.05, 0) is 60.7 Å². The van der Waals surface area contributed by atoms with E-state index in [1.54, 1.807) is 23.1 Å². The largest absolute Gasteiger partial charge is 0.487 e. The van der Waals surface area contributed by atoms with Gasteiger partial charge in [-0.3, -0.25) is 9.58 Å². The summed E-state index contributed by atoms with van der Waals surface area (Å²) in [6.45, 7) is 5.76. The van der Waals surface area contributed by atoms with Crippen LogP contribution in [0.25, 0.3) is 11.1 Å². The molecule has 1 unspecified atom stereocenters. The molecule has 0 radical (unpaired) electrons. The van der Waals surface area contributed by atoms with Crippen LogP contribution in [-0.4, -0.2) is 110 Å². The van der Waals surface area contributed by atoms with Gasteiger partial charge >= 0.3 is 0 Å². The fourth-order valence-electron chi connectivity index (χ4n) is 6.10. The molecule has 0 amide bonds. The minimum Gasteiger partial charge on any atom is -0.487 e. The van der Waals surface area contributed by atoms with Crippen LogP contribution in [0.15, 0.2) is 43.1 Å². The van der Waals surface area contributed by atoms with Crippen molar-refractivity contribution < 1.29 is 27.7 Å². The number of hydrogen-bond donors (Lipinski definition) is 1. The SMILES string of the molecule is CC(Cn1cnnn1)Oc1cc(-c2cnc(Nc3cn(C4CCC(N5CCOCC5)CC4)nc3OCCCOCC(F)F)nc2)ccc1Cl. The number of alkyl halides is 2. The molecule has 1 aromatic carbocycles. The number of benzene rings is 1. The van der Waals surface area contributed by atoms with Gasteiger partial charge in [0, 0.05) is 43.5 Å². The standard InChI is InChI=1S/C32H41ClF2N10O4/c1-22(18-44-21-38-41-42-44)49-29-15-23(3-8-27(29)33)24-16-36-32(37-17-24)39-28-19-45(40-31(28)48-12-2-11-47-20-30(34)35)26-6-4-25(5-7-26)43-9-13-46-14-10-43/h3,8,15-17,19,21-22,25-26,30H,2,4-7,9-14,18,20H2,1H3,(H,36,37,39). The number of tetrazole rings is 1. The minimum atomic E-state index is -2.50. The summed E-state index contributed by atoms with van der Waals surface area (Å²) in [5.41, 5.74) is 2.22. The zero-order chi connectivity index (χ0) is 34.0. The molecule has 1 N–H and O–H groups in total. The predicted octanol–water partition coefficient (Wildman–Crippen LogP) is 5.06. The quantitative estimate of drug-likeness (QED) is 0.156. The Balaban J connectivity index is 1.11. The molecule has 2 aliphatic rings. The van der Waals surface area contributed by atoms with E-state index in [4.69, 9.17) is 35.6 Å². The van der Waals surface area contributed by atoms with E-state index in [2.05, 4.69) is 35.7 Å². The Morgan fingerprint density at radius 1 is 1.04 bits per heavy atom. The van der Waals surface area contributed by atoms with Crippen molar-refractivity contribution in [3.05, 3.63) is 48.1 Å². The van der Waals surface area contributed by atoms with Gasteiger partial charge in [-0.2, -0.15) is 0 Å². The monoisotopic (exact) mass is 702 g/mol. The van der Waals surface area contributed by atoms with Gasteiger partial charge in [0.1, 0.15) is 30.5 Å². The zero-order valence-electron chi connectivity index (χ0n) is 27.3. The summed E-state index contributed by atoms with van der Waals surface area (Å²) in [7, 11) is 0. The molecule has 4 aromatic rings. The van der Waals surface area contributed by atoms with Gasteiger partial charge in [0.05, 0.1) is 50.2 Å². The second kappa shape index (κ2) is 17.1. The number of rotatable bonds is 16. The van der Waals surface area contributed by atoms with E-state index in [-0.39, 0.29) is 25.4 Å². The van der Waals surface area contributed by atoms with Crippen molar-refractivity contribution in [1.82, 2.24) is 44.9 Å². The average Bonchev–Trinajstić information content (AvgIpc) is 3.78. The van der Waals surface area contributed by atoms with Crippen LogP contribution in [0.1, 0.15) is 45.1 Å². The molecule has 1 atom stereocenters. The van der Waals surface area contributed by atoms with Crippen molar-refractivity contribution in [3.63, 3.8) is 0 Å². The number of morpholine rings is 1. The highest BCUT2D eigenvalue weighted by Crippen LogP contribution is 2.35. The lowest BCUT2D eigenvalue weighted by Gasteiger charge is -2.38. The topological polar surface area (TPSA) is 139 Å². The van der Waals surface area contributed by atoms with E-state index in [0.29, 0.717) is 47.3 Å². The van der Waals surface area contributed by atoms with Crippen LogP contribution in [-0.2, 0) is 16.0 Å². The number of nitrogens with zero attached hydrogens (tertiary/aromatic N) is 9. The van der Waals surface area contributed by atoms with Crippen molar-refractivity contribution in [2.75, 3.05) is 51.4 Å². The van der Waals surface area contributed by atoms with Gasteiger partial charge < -0.3 is 24.3 Å². The second-order valence-corrected chi connectivity index (χ2v) is 12.5. The number of hydrogen-bond acceptors (Lipinski definition) is 12. The second-order valence-electron chi connectivity index (χ2n) is 12.1. The molecule has 1 aliphatic carbocycles. The summed E-state index contributed by atoms with van der Waals surface area (Å²) >= 11 is 6.44. The average molecular weight is 703 g/mol. The molecule has 17 heteroatoms. The lowest BCUT2D eigenvalue weighted by molar-refractivity contribution is 0.00501. The van der Waals surface area contributed by atoms with Gasteiger partial charge in [-0.1, -0.05) is 17.7 Å². The number of aromatic nitrogens is 8. The first kappa shape index (κ1) is 34.9. The molecule has 264 valence electrons. The summed E-state index contributed by atoms with van der Waals surface area (Å²) in [5.74, 6) is 1.28. The molecule has 1 saturated heterocycles. The summed E-state index contributed by atoms with van der Waals surface area (Å²) in [5, 5.41) is 19.7. The van der Waals surface area contributed by atoms with Crippen LogP contribution < -0.4 is 14.8 Å². The van der Waals surface area contributed by atoms with Crippen LogP contribution in [0.4, 0.5) is 20.4 Å². The molecule has 3 aromatic heterocycles. The first-order valence-electron chi connectivity index (χ1n) is 16.6. The Hall–Kier alpha value is -3.99. The normalized spacial score (nSPS) is 19.2. The van der Waals surface area contributed by atoms with Crippen molar-refractivity contribution >= 4 is 23.2 Å². The van der Waals surface area contributed by atoms with Gasteiger partial charge in [-0.25, -0.2) is 23.4 Å². The predicted molar refractivity (Wildman–Crippen MR) is 177 cm³/mol. The minimum absolute atomic E-state index is 0.166. The smallest absolute Gasteiger partial charge is 0.261 e. The highest BCUT2D eigenvalue weighted by atomic mass is 35.5. The molecule has 1 saturated carbocycles. The van der Waals surface area contributed by atoms with Crippen LogP contribution >= 0.6 is 11.6 Å². The summed E-state index contributed by atoms with van der Waals surface area (Å²) in [4.78, 5) is 11.6. The maximum atomic E-state index is 12.4. The van der Waals surface area contributed by atoms with E-state index >= 15 is 0 Å². The molecular weight excluding hydrogens is 662 g/mol. The van der Waals surface area contributed by atoms with Gasteiger partial charge in [0.2, 0.25) is 5.95 Å². The van der Waals surface area contributed by atoms with Crippen molar-refractivity contribution in [3.8, 4) is 22.8 Å². The molecular formula is C32H41ClF2N10O4. The third-order valence-corrected chi connectivity index (χ3v) is 8.85. The van der Waals surface area contributed by atoms with Crippen LogP contribution in [0, 0.1) is 0 Å². The summed E-state index contributed by atoms with van der Waals surface area (Å²) in [6.07, 6.45) is 8.77. The fraction of sp³-hybridized carbons (Fsp3) is 0.562. The van der Waals surface area contributed by atoms with Gasteiger partial charge in [-0.15, -0.1) is 10.2 Å². The van der Waals surface area contributed by atoms with E-state index in [1.165, 1.54) is 6.33 Å². The first-order chi connectivity index (χ1) is 23.9. The molecule has 0 bridgehead atoms. The van der Waals surface area contributed by atoms with Crippen molar-refractivity contribution in [1.29, 1.82) is 0 Å². The Kier molecular flexibility index (Phi) is 12.2. The molecule has 49 heavy (non-hydrogen) atoms. The molecule has 4 heterocycles. The number of anilines is 2. The Morgan fingerprint density at radius 2 is 1.82 bits per heavy atom. The van der Waals surface area contributed by atoms with Crippen molar-refractivity contribution in [2.24, 2.45) is 0 Å². The number of nitrogens with one attached hydrogen (secondary N) is 1. The van der Waals surface area contributed by atoms with Crippen LogP contribution in [0.5, 0.6) is 11.6 Å². The molecule has 0 spiro atoms. The summed E-state index contributed by atoms with van der Waals surface area (Å²) in [6, 6.07) is 6.28. The third kappa shape index (κ3) is 9.80. The number of halogens is 3. The Bertz CT molecular complexity index is 1580. The first-order valence-corrected chi connectivity index (χ1v) is 16.9. The van der Waals surface area contributed by atoms with E-state index < -0.39 is 13.0 Å². The van der Waals surface area contributed by atoms with E-state index in [9.17, 15) is 8.78 Å². The van der Waals surface area contributed by atoms with Gasteiger partial charge in [0.25, 0.3) is 12.3 Å². The van der Waals surface area contributed by atoms with Crippen molar-refractivity contribution in [2.45, 2.75) is 70.2 Å². The lowest BCUT2D eigenvalue weighted by Crippen LogP contribution is -2.45. The van der Waals surface area contributed by atoms with E-state index in [0.717, 1.165) is 63.1 Å². The van der Waals surface area contributed by atoms with E-state index in [1.807, 2.05) is 29.9 Å². The molecule has 2 fully saturated rings. The highest BCUT2D eigenvalue weighted by molar-refractivity contribution is 6.32. The van der Waals surface area contributed by atoms with Crippen LogP contribution in [0.3, 0.4) is 0 Å². The lowest BCUT2D eigenvalue weighted by atomic mass is 9.90. The highest BCUT2D eigenvalue weighted by Gasteiger charge is 2.29. The third-order valence-electron chi connectivity index (χ3n) is 8.54. The Labute approximate surface area is 288 Å². The summed E-state index contributed by atoms with van der Waals surface area (Å²) < 4.78 is 51.0.